The van der Waals surface area contributed by atoms with Crippen molar-refractivity contribution in [2.75, 3.05) is 22.6 Å². The second-order valence-electron chi connectivity index (χ2n) is 4.72. The van der Waals surface area contributed by atoms with E-state index in [9.17, 15) is 13.2 Å². The van der Waals surface area contributed by atoms with Gasteiger partial charge in [-0.05, 0) is 36.6 Å². The van der Waals surface area contributed by atoms with Crippen LogP contribution < -0.4 is 10.0 Å². The molecule has 0 aliphatic carbocycles. The average Bonchev–Trinajstić information content (AvgIpc) is 2.48. The van der Waals surface area contributed by atoms with Gasteiger partial charge in [0.15, 0.2) is 0 Å². The topological polar surface area (TPSA) is 75.3 Å². The van der Waals surface area contributed by atoms with Gasteiger partial charge in [0.2, 0.25) is 10.0 Å². The van der Waals surface area contributed by atoms with E-state index in [1.807, 2.05) is 24.5 Å². The Balaban J connectivity index is 2.30. The van der Waals surface area contributed by atoms with E-state index in [0.717, 1.165) is 11.2 Å². The van der Waals surface area contributed by atoms with E-state index in [1.165, 1.54) is 30.0 Å². The minimum Gasteiger partial charge on any atom is -0.321 e. The molecule has 0 heterocycles. The monoisotopic (exact) mass is 370 g/mol. The van der Waals surface area contributed by atoms with Crippen LogP contribution in [0.4, 0.5) is 11.4 Å². The summed E-state index contributed by atoms with van der Waals surface area (Å²) in [7, 11) is -3.43. The molecule has 0 saturated carbocycles. The van der Waals surface area contributed by atoms with E-state index < -0.39 is 15.9 Å². The van der Waals surface area contributed by atoms with Crippen molar-refractivity contribution in [3.8, 4) is 0 Å². The van der Waals surface area contributed by atoms with Crippen molar-refractivity contribution in [2.45, 2.75) is 4.90 Å². The third-order valence-corrected chi connectivity index (χ3v) is 4.60. The van der Waals surface area contributed by atoms with Crippen LogP contribution in [0.5, 0.6) is 0 Å². The van der Waals surface area contributed by atoms with Crippen molar-refractivity contribution >= 4 is 50.7 Å². The number of halogens is 1. The van der Waals surface area contributed by atoms with Gasteiger partial charge in [-0.3, -0.25) is 9.52 Å². The van der Waals surface area contributed by atoms with Crippen LogP contribution in [0.1, 0.15) is 10.4 Å². The molecule has 0 atom stereocenters. The number of hydrogen-bond acceptors (Lipinski definition) is 4. The SMILES string of the molecule is CSc1ccccc1NC(=O)c1cc(NS(C)(=O)=O)ccc1Cl. The second-order valence-corrected chi connectivity index (χ2v) is 7.73. The van der Waals surface area contributed by atoms with Gasteiger partial charge in [-0.1, -0.05) is 23.7 Å². The maximum absolute atomic E-state index is 12.4. The molecule has 122 valence electrons. The fraction of sp³-hybridized carbons (Fsp3) is 0.133. The van der Waals surface area contributed by atoms with Gasteiger partial charge >= 0.3 is 0 Å². The third-order valence-electron chi connectivity index (χ3n) is 2.87. The first-order chi connectivity index (χ1) is 10.8. The number of carbonyl (C=O) groups excluding carboxylic acids is 1. The molecule has 0 saturated heterocycles. The molecular weight excluding hydrogens is 356 g/mol. The van der Waals surface area contributed by atoms with Crippen molar-refractivity contribution in [1.82, 2.24) is 0 Å². The molecule has 1 amide bonds. The van der Waals surface area contributed by atoms with Gasteiger partial charge < -0.3 is 5.32 Å². The molecule has 0 unspecified atom stereocenters. The third kappa shape index (κ3) is 4.89. The molecule has 5 nitrogen and oxygen atoms in total. The lowest BCUT2D eigenvalue weighted by atomic mass is 10.2. The molecule has 0 aliphatic rings. The molecule has 8 heteroatoms. The molecule has 23 heavy (non-hydrogen) atoms. The van der Waals surface area contributed by atoms with Crippen molar-refractivity contribution < 1.29 is 13.2 Å². The summed E-state index contributed by atoms with van der Waals surface area (Å²) in [5, 5.41) is 3.03. The highest BCUT2D eigenvalue weighted by molar-refractivity contribution is 7.98. The Labute approximate surface area is 144 Å². The Bertz CT molecular complexity index is 838. The van der Waals surface area contributed by atoms with Gasteiger partial charge in [0.1, 0.15) is 0 Å². The van der Waals surface area contributed by atoms with Crippen molar-refractivity contribution in [3.63, 3.8) is 0 Å². The molecule has 0 radical (unpaired) electrons. The molecule has 2 rings (SSSR count). The number of anilines is 2. The Morgan fingerprint density at radius 1 is 1.17 bits per heavy atom. The van der Waals surface area contributed by atoms with Crippen LogP contribution in [0, 0.1) is 0 Å². The van der Waals surface area contributed by atoms with Crippen LogP contribution in [0.15, 0.2) is 47.4 Å². The first-order valence-electron chi connectivity index (χ1n) is 6.52. The zero-order valence-corrected chi connectivity index (χ0v) is 14.8. The van der Waals surface area contributed by atoms with E-state index in [-0.39, 0.29) is 16.3 Å². The summed E-state index contributed by atoms with van der Waals surface area (Å²) in [5.41, 5.74) is 1.14. The number of rotatable bonds is 5. The van der Waals surface area contributed by atoms with Crippen LogP contribution in [-0.2, 0) is 10.0 Å². The van der Waals surface area contributed by atoms with Gasteiger partial charge in [0, 0.05) is 10.6 Å². The van der Waals surface area contributed by atoms with Crippen LogP contribution in [0.3, 0.4) is 0 Å². The standard InChI is InChI=1S/C15H15ClN2O3S2/c1-22-14-6-4-3-5-13(14)17-15(19)11-9-10(7-8-12(11)16)18-23(2,20)21/h3-9,18H,1-2H3,(H,17,19). The maximum atomic E-state index is 12.4. The average molecular weight is 371 g/mol. The Morgan fingerprint density at radius 2 is 1.87 bits per heavy atom. The number of carbonyl (C=O) groups is 1. The first kappa shape index (κ1) is 17.7. The lowest BCUT2D eigenvalue weighted by molar-refractivity contribution is 0.102. The first-order valence-corrected chi connectivity index (χ1v) is 10.0. The molecule has 0 bridgehead atoms. The summed E-state index contributed by atoms with van der Waals surface area (Å²) in [6.07, 6.45) is 2.95. The van der Waals surface area contributed by atoms with Crippen molar-refractivity contribution in [3.05, 3.63) is 53.1 Å². The second kappa shape index (κ2) is 7.25. The van der Waals surface area contributed by atoms with Crippen LogP contribution in [0.25, 0.3) is 0 Å². The molecule has 0 fully saturated rings. The molecule has 2 aromatic rings. The van der Waals surface area contributed by atoms with Gasteiger partial charge in [-0.2, -0.15) is 0 Å². The van der Waals surface area contributed by atoms with Crippen LogP contribution in [0.2, 0.25) is 5.02 Å². The molecule has 2 aromatic carbocycles. The highest BCUT2D eigenvalue weighted by Crippen LogP contribution is 2.27. The van der Waals surface area contributed by atoms with E-state index in [1.54, 1.807) is 6.07 Å². The quantitative estimate of drug-likeness (QED) is 0.787. The number of benzene rings is 2. The summed E-state index contributed by atoms with van der Waals surface area (Å²) in [5.74, 6) is -0.409. The van der Waals surface area contributed by atoms with Crippen molar-refractivity contribution in [1.29, 1.82) is 0 Å². The predicted octanol–water partition coefficient (Wildman–Crippen LogP) is 3.69. The molecular formula is C15H15ClN2O3S2. The fourth-order valence-corrected chi connectivity index (χ4v) is 3.23. The largest absolute Gasteiger partial charge is 0.321 e. The minimum atomic E-state index is -3.43. The van der Waals surface area contributed by atoms with E-state index >= 15 is 0 Å². The van der Waals surface area contributed by atoms with Gasteiger partial charge in [-0.15, -0.1) is 11.8 Å². The summed E-state index contributed by atoms with van der Waals surface area (Å²) < 4.78 is 24.9. The predicted molar refractivity (Wildman–Crippen MR) is 96.1 cm³/mol. The number of sulfonamides is 1. The zero-order valence-electron chi connectivity index (χ0n) is 12.5. The van der Waals surface area contributed by atoms with Crippen molar-refractivity contribution in [2.24, 2.45) is 0 Å². The van der Waals surface area contributed by atoms with E-state index in [2.05, 4.69) is 10.0 Å². The molecule has 0 aliphatic heterocycles. The fourth-order valence-electron chi connectivity index (χ4n) is 1.91. The van der Waals surface area contributed by atoms with E-state index in [0.29, 0.717) is 5.69 Å². The Morgan fingerprint density at radius 3 is 2.52 bits per heavy atom. The number of para-hydroxylation sites is 1. The summed E-state index contributed by atoms with van der Waals surface area (Å²) in [6, 6.07) is 11.8. The molecule has 2 N–H and O–H groups in total. The zero-order chi connectivity index (χ0) is 17.0. The maximum Gasteiger partial charge on any atom is 0.257 e. The molecule has 0 aromatic heterocycles. The summed E-state index contributed by atoms with van der Waals surface area (Å²) in [6.45, 7) is 0. The number of nitrogens with one attached hydrogen (secondary N) is 2. The van der Waals surface area contributed by atoms with Gasteiger partial charge in [0.25, 0.3) is 5.91 Å². The summed E-state index contributed by atoms with van der Waals surface area (Å²) in [4.78, 5) is 13.4. The highest BCUT2D eigenvalue weighted by atomic mass is 35.5. The number of thioether (sulfide) groups is 1. The smallest absolute Gasteiger partial charge is 0.257 e. The van der Waals surface area contributed by atoms with Crippen LogP contribution >= 0.6 is 23.4 Å². The number of amides is 1. The minimum absolute atomic E-state index is 0.191. The van der Waals surface area contributed by atoms with Gasteiger partial charge in [-0.25, -0.2) is 8.42 Å². The Hall–Kier alpha value is -1.70. The van der Waals surface area contributed by atoms with Crippen LogP contribution in [-0.4, -0.2) is 26.8 Å². The normalized spacial score (nSPS) is 11.1. The van der Waals surface area contributed by atoms with Gasteiger partial charge in [0.05, 0.1) is 22.5 Å². The highest BCUT2D eigenvalue weighted by Gasteiger charge is 2.14. The lowest BCUT2D eigenvalue weighted by Gasteiger charge is -2.11. The lowest BCUT2D eigenvalue weighted by Crippen LogP contribution is -2.15. The molecule has 0 spiro atoms. The van der Waals surface area contributed by atoms with E-state index in [4.69, 9.17) is 11.6 Å². The Kier molecular flexibility index (Phi) is 5.56. The number of hydrogen-bond donors (Lipinski definition) is 2. The summed E-state index contributed by atoms with van der Waals surface area (Å²) >= 11 is 7.57.